The summed E-state index contributed by atoms with van der Waals surface area (Å²) in [6.45, 7) is 1.50. The number of sulfone groups is 1. The lowest BCUT2D eigenvalue weighted by Gasteiger charge is -2.31. The normalized spacial score (nSPS) is 15.3. The number of benzene rings is 1. The van der Waals surface area contributed by atoms with E-state index >= 15 is 0 Å². The fourth-order valence-corrected chi connectivity index (χ4v) is 5.64. The average Bonchev–Trinajstić information content (AvgIpc) is 3.19. The second-order valence-electron chi connectivity index (χ2n) is 8.31. The molecule has 0 spiro atoms. The molecule has 0 aliphatic heterocycles. The molecule has 1 aromatic heterocycles. The average molecular weight is 467 g/mol. The van der Waals surface area contributed by atoms with Crippen molar-refractivity contribution < 1.29 is 17.6 Å². The number of rotatable bonds is 10. The van der Waals surface area contributed by atoms with E-state index in [1.54, 1.807) is 30.3 Å². The van der Waals surface area contributed by atoms with Gasteiger partial charge in [0.05, 0.1) is 5.75 Å². The summed E-state index contributed by atoms with van der Waals surface area (Å²) in [7, 11) is -1.29. The van der Waals surface area contributed by atoms with Crippen LogP contribution in [0.4, 0.5) is 0 Å². The van der Waals surface area contributed by atoms with Crippen molar-refractivity contribution in [1.82, 2.24) is 10.2 Å². The molecule has 31 heavy (non-hydrogen) atoms. The third-order valence-electron chi connectivity index (χ3n) is 5.69. The van der Waals surface area contributed by atoms with E-state index in [1.807, 2.05) is 0 Å². The highest BCUT2D eigenvalue weighted by Crippen LogP contribution is 2.21. The Morgan fingerprint density at radius 3 is 2.68 bits per heavy atom. The molecule has 0 radical (unpaired) electrons. The number of carbonyl (C=O) groups is 1. The second kappa shape index (κ2) is 11.2. The van der Waals surface area contributed by atoms with Gasteiger partial charge in [0.2, 0.25) is 0 Å². The lowest BCUT2D eigenvalue weighted by molar-refractivity contribution is 0.0921. The smallest absolute Gasteiger partial charge is 0.286 e. The zero-order chi connectivity index (χ0) is 22.3. The molecular weight excluding hydrogens is 436 g/mol. The molecule has 1 aliphatic carbocycles. The zero-order valence-electron chi connectivity index (χ0n) is 18.0. The summed E-state index contributed by atoms with van der Waals surface area (Å²) in [5.41, 5.74) is 0.621. The minimum atomic E-state index is -3.45. The molecule has 170 valence electrons. The molecular formula is C23H31ClN2O4S. The van der Waals surface area contributed by atoms with Gasteiger partial charge in [0, 0.05) is 17.6 Å². The van der Waals surface area contributed by atoms with Crippen molar-refractivity contribution in [3.8, 4) is 0 Å². The molecule has 2 aromatic rings. The molecule has 6 nitrogen and oxygen atoms in total. The van der Waals surface area contributed by atoms with Crippen LogP contribution in [-0.4, -0.2) is 45.4 Å². The molecule has 1 heterocycles. The van der Waals surface area contributed by atoms with E-state index in [2.05, 4.69) is 17.3 Å². The molecule has 1 N–H and O–H groups in total. The standard InChI is InChI=1S/C23H31ClN2O4S/c1-26(20-9-3-2-4-10-20)14-6-13-25-23(27)22-12-11-21(30-22)17-31(28,29)16-18-7-5-8-19(24)15-18/h5,7-8,11-12,15,20H,2-4,6,9-10,13-14,16-17H2,1H3,(H,25,27). The highest BCUT2D eigenvalue weighted by Gasteiger charge is 2.19. The van der Waals surface area contributed by atoms with Gasteiger partial charge in [0.25, 0.3) is 5.91 Å². The molecule has 0 unspecified atom stereocenters. The molecule has 8 heteroatoms. The summed E-state index contributed by atoms with van der Waals surface area (Å²) in [6.07, 6.45) is 7.34. The topological polar surface area (TPSA) is 79.6 Å². The Balaban J connectivity index is 1.43. The summed E-state index contributed by atoms with van der Waals surface area (Å²) >= 11 is 5.92. The van der Waals surface area contributed by atoms with E-state index in [4.69, 9.17) is 16.0 Å². The quantitative estimate of drug-likeness (QED) is 0.524. The van der Waals surface area contributed by atoms with E-state index in [1.165, 1.54) is 38.2 Å². The van der Waals surface area contributed by atoms with Gasteiger partial charge in [0.15, 0.2) is 15.6 Å². The van der Waals surface area contributed by atoms with Crippen molar-refractivity contribution >= 4 is 27.3 Å². The fraction of sp³-hybridized carbons (Fsp3) is 0.522. The Morgan fingerprint density at radius 2 is 1.94 bits per heavy atom. The highest BCUT2D eigenvalue weighted by molar-refractivity contribution is 7.89. The lowest BCUT2D eigenvalue weighted by Crippen LogP contribution is -2.35. The molecule has 0 saturated heterocycles. The number of halogens is 1. The van der Waals surface area contributed by atoms with Crippen LogP contribution in [0.1, 0.15) is 60.4 Å². The third-order valence-corrected chi connectivity index (χ3v) is 7.43. The van der Waals surface area contributed by atoms with Gasteiger partial charge in [-0.05, 0) is 62.7 Å². The van der Waals surface area contributed by atoms with Gasteiger partial charge < -0.3 is 14.6 Å². The van der Waals surface area contributed by atoms with Crippen molar-refractivity contribution in [3.05, 3.63) is 58.5 Å². The minimum absolute atomic E-state index is 0.133. The Morgan fingerprint density at radius 1 is 1.16 bits per heavy atom. The first kappa shape index (κ1) is 23.8. The third kappa shape index (κ3) is 7.66. The van der Waals surface area contributed by atoms with E-state index in [0.717, 1.165) is 13.0 Å². The maximum Gasteiger partial charge on any atom is 0.286 e. The molecule has 0 atom stereocenters. The minimum Gasteiger partial charge on any atom is -0.455 e. The van der Waals surface area contributed by atoms with Gasteiger partial charge in [-0.3, -0.25) is 4.79 Å². The van der Waals surface area contributed by atoms with Crippen LogP contribution in [0.5, 0.6) is 0 Å². The van der Waals surface area contributed by atoms with Crippen LogP contribution in [-0.2, 0) is 21.3 Å². The van der Waals surface area contributed by atoms with Gasteiger partial charge in [-0.15, -0.1) is 0 Å². The number of carbonyl (C=O) groups excluding carboxylic acids is 1. The lowest BCUT2D eigenvalue weighted by atomic mass is 9.94. The van der Waals surface area contributed by atoms with Gasteiger partial charge in [-0.25, -0.2) is 8.42 Å². The molecule has 1 aliphatic rings. The number of nitrogens with zero attached hydrogens (tertiary/aromatic N) is 1. The molecule has 0 bridgehead atoms. The van der Waals surface area contributed by atoms with Crippen LogP contribution in [0.3, 0.4) is 0 Å². The molecule has 1 saturated carbocycles. The molecule has 1 fully saturated rings. The Bertz CT molecular complexity index is 967. The van der Waals surface area contributed by atoms with Gasteiger partial charge in [0.1, 0.15) is 11.5 Å². The zero-order valence-corrected chi connectivity index (χ0v) is 19.6. The summed E-state index contributed by atoms with van der Waals surface area (Å²) in [5, 5.41) is 3.35. The van der Waals surface area contributed by atoms with Crippen molar-refractivity contribution in [1.29, 1.82) is 0 Å². The maximum absolute atomic E-state index is 12.5. The number of nitrogens with one attached hydrogen (secondary N) is 1. The maximum atomic E-state index is 12.5. The van der Waals surface area contributed by atoms with Crippen molar-refractivity contribution in [2.24, 2.45) is 0 Å². The van der Waals surface area contributed by atoms with Crippen molar-refractivity contribution in [2.75, 3.05) is 20.1 Å². The van der Waals surface area contributed by atoms with Gasteiger partial charge in [-0.2, -0.15) is 0 Å². The number of hydrogen-bond donors (Lipinski definition) is 1. The van der Waals surface area contributed by atoms with Crippen molar-refractivity contribution in [2.45, 2.75) is 56.1 Å². The first-order chi connectivity index (χ1) is 14.8. The SMILES string of the molecule is CN(CCCNC(=O)c1ccc(CS(=O)(=O)Cc2cccc(Cl)c2)o1)C1CCCCC1. The van der Waals surface area contributed by atoms with Crippen LogP contribution in [0.2, 0.25) is 5.02 Å². The molecule has 1 amide bonds. The number of amides is 1. The van der Waals surface area contributed by atoms with Crippen LogP contribution in [0, 0.1) is 0 Å². The summed E-state index contributed by atoms with van der Waals surface area (Å²) in [4.78, 5) is 14.7. The van der Waals surface area contributed by atoms with E-state index in [9.17, 15) is 13.2 Å². The van der Waals surface area contributed by atoms with Crippen LogP contribution >= 0.6 is 11.6 Å². The Kier molecular flexibility index (Phi) is 8.58. The van der Waals surface area contributed by atoms with Crippen LogP contribution < -0.4 is 5.32 Å². The largest absolute Gasteiger partial charge is 0.455 e. The first-order valence-electron chi connectivity index (χ1n) is 10.8. The fourth-order valence-electron chi connectivity index (χ4n) is 4.05. The van der Waals surface area contributed by atoms with Gasteiger partial charge >= 0.3 is 0 Å². The van der Waals surface area contributed by atoms with Crippen LogP contribution in [0.15, 0.2) is 40.8 Å². The van der Waals surface area contributed by atoms with E-state index in [0.29, 0.717) is 23.2 Å². The number of hydrogen-bond acceptors (Lipinski definition) is 5. The monoisotopic (exact) mass is 466 g/mol. The Labute approximate surface area is 189 Å². The first-order valence-corrected chi connectivity index (χ1v) is 13.0. The number of furan rings is 1. The summed E-state index contributed by atoms with van der Waals surface area (Å²) in [6, 6.07) is 10.5. The predicted octanol–water partition coefficient (Wildman–Crippen LogP) is 4.43. The van der Waals surface area contributed by atoms with E-state index < -0.39 is 9.84 Å². The van der Waals surface area contributed by atoms with E-state index in [-0.39, 0.29) is 28.9 Å². The molecule has 1 aromatic carbocycles. The summed E-state index contributed by atoms with van der Waals surface area (Å²) < 4.78 is 30.4. The van der Waals surface area contributed by atoms with Gasteiger partial charge in [-0.1, -0.05) is 43.0 Å². The van der Waals surface area contributed by atoms with Crippen molar-refractivity contribution in [3.63, 3.8) is 0 Å². The Hall–Kier alpha value is -1.83. The summed E-state index contributed by atoms with van der Waals surface area (Å²) in [5.74, 6) is -0.333. The molecule has 3 rings (SSSR count). The van der Waals surface area contributed by atoms with Crippen LogP contribution in [0.25, 0.3) is 0 Å². The predicted molar refractivity (Wildman–Crippen MR) is 123 cm³/mol. The highest BCUT2D eigenvalue weighted by atomic mass is 35.5. The second-order valence-corrected chi connectivity index (χ2v) is 10.8.